The fraction of sp³-hybridized carbons (Fsp3) is 0.133. The molecular formula is C15H12BrClN2O3. The maximum atomic E-state index is 12.3. The molecular weight excluding hydrogens is 372 g/mol. The summed E-state index contributed by atoms with van der Waals surface area (Å²) in [7, 11) is 0. The molecule has 1 amide bonds. The standard InChI is InChI=1S/C15H12BrClN2O3/c16-10-5-9(7-18-8-10)15(22)19-13(6-14(20)21)11-3-1-2-4-12(11)17/h1-5,7-8,13H,6H2,(H,19,22)(H,20,21)/t13-/m0/s1. The second kappa shape index (κ2) is 7.38. The molecule has 0 aliphatic heterocycles. The molecule has 0 bridgehead atoms. The maximum absolute atomic E-state index is 12.3. The molecule has 0 aliphatic rings. The number of nitrogens with zero attached hydrogens (tertiary/aromatic N) is 1. The van der Waals surface area contributed by atoms with Crippen molar-refractivity contribution < 1.29 is 14.7 Å². The summed E-state index contributed by atoms with van der Waals surface area (Å²) in [6.45, 7) is 0. The molecule has 0 unspecified atom stereocenters. The summed E-state index contributed by atoms with van der Waals surface area (Å²) >= 11 is 9.33. The highest BCUT2D eigenvalue weighted by molar-refractivity contribution is 9.10. The van der Waals surface area contributed by atoms with Crippen LogP contribution in [0.4, 0.5) is 0 Å². The lowest BCUT2D eigenvalue weighted by molar-refractivity contribution is -0.137. The van der Waals surface area contributed by atoms with Crippen LogP contribution in [0.15, 0.2) is 47.2 Å². The van der Waals surface area contributed by atoms with Crippen molar-refractivity contribution in [2.24, 2.45) is 0 Å². The number of halogens is 2. The van der Waals surface area contributed by atoms with Gasteiger partial charge in [-0.05, 0) is 33.6 Å². The number of benzene rings is 1. The third kappa shape index (κ3) is 4.29. The van der Waals surface area contributed by atoms with E-state index in [-0.39, 0.29) is 6.42 Å². The fourth-order valence-corrected chi connectivity index (χ4v) is 2.58. The number of aromatic nitrogens is 1. The van der Waals surface area contributed by atoms with Crippen molar-refractivity contribution in [3.63, 3.8) is 0 Å². The monoisotopic (exact) mass is 382 g/mol. The third-order valence-electron chi connectivity index (χ3n) is 2.93. The number of rotatable bonds is 5. The van der Waals surface area contributed by atoms with Crippen LogP contribution >= 0.6 is 27.5 Å². The van der Waals surface area contributed by atoms with E-state index < -0.39 is 17.9 Å². The van der Waals surface area contributed by atoms with Crippen LogP contribution in [0.3, 0.4) is 0 Å². The number of amides is 1. The van der Waals surface area contributed by atoms with Gasteiger partial charge in [0.2, 0.25) is 0 Å². The summed E-state index contributed by atoms with van der Waals surface area (Å²) < 4.78 is 0.660. The minimum Gasteiger partial charge on any atom is -0.481 e. The lowest BCUT2D eigenvalue weighted by atomic mass is 10.0. The smallest absolute Gasteiger partial charge is 0.305 e. The Morgan fingerprint density at radius 3 is 2.68 bits per heavy atom. The highest BCUT2D eigenvalue weighted by Crippen LogP contribution is 2.25. The molecule has 5 nitrogen and oxygen atoms in total. The van der Waals surface area contributed by atoms with Gasteiger partial charge in [0.15, 0.2) is 0 Å². The van der Waals surface area contributed by atoms with Crippen LogP contribution in [-0.4, -0.2) is 22.0 Å². The number of hydrogen-bond acceptors (Lipinski definition) is 3. The molecule has 2 rings (SSSR count). The summed E-state index contributed by atoms with van der Waals surface area (Å²) in [6.07, 6.45) is 2.70. The Balaban J connectivity index is 2.25. The average molecular weight is 384 g/mol. The molecule has 1 aromatic heterocycles. The van der Waals surface area contributed by atoms with E-state index in [1.54, 1.807) is 36.5 Å². The molecule has 7 heteroatoms. The lowest BCUT2D eigenvalue weighted by Crippen LogP contribution is -2.30. The summed E-state index contributed by atoms with van der Waals surface area (Å²) in [4.78, 5) is 27.2. The molecule has 0 radical (unpaired) electrons. The van der Waals surface area contributed by atoms with Gasteiger partial charge in [0.05, 0.1) is 18.0 Å². The summed E-state index contributed by atoms with van der Waals surface area (Å²) in [5.74, 6) is -1.45. The third-order valence-corrected chi connectivity index (χ3v) is 3.71. The fourth-order valence-electron chi connectivity index (χ4n) is 1.95. The van der Waals surface area contributed by atoms with Crippen molar-refractivity contribution >= 4 is 39.4 Å². The molecule has 2 aromatic rings. The van der Waals surface area contributed by atoms with E-state index in [0.29, 0.717) is 20.6 Å². The van der Waals surface area contributed by atoms with Gasteiger partial charge in [-0.3, -0.25) is 14.6 Å². The molecule has 1 heterocycles. The quantitative estimate of drug-likeness (QED) is 0.829. The first kappa shape index (κ1) is 16.5. The van der Waals surface area contributed by atoms with Crippen LogP contribution in [0.25, 0.3) is 0 Å². The Kier molecular flexibility index (Phi) is 5.51. The molecule has 0 saturated heterocycles. The van der Waals surface area contributed by atoms with Gasteiger partial charge in [0, 0.05) is 21.9 Å². The first-order valence-corrected chi connectivity index (χ1v) is 7.52. The van der Waals surface area contributed by atoms with Crippen molar-refractivity contribution in [3.8, 4) is 0 Å². The van der Waals surface area contributed by atoms with Gasteiger partial charge >= 0.3 is 5.97 Å². The van der Waals surface area contributed by atoms with Crippen molar-refractivity contribution in [2.45, 2.75) is 12.5 Å². The highest BCUT2D eigenvalue weighted by Gasteiger charge is 2.21. The lowest BCUT2D eigenvalue weighted by Gasteiger charge is -2.18. The average Bonchev–Trinajstić information content (AvgIpc) is 2.46. The van der Waals surface area contributed by atoms with Gasteiger partial charge in [0.1, 0.15) is 0 Å². The van der Waals surface area contributed by atoms with E-state index in [0.717, 1.165) is 0 Å². The van der Waals surface area contributed by atoms with Crippen molar-refractivity contribution in [1.29, 1.82) is 0 Å². The number of carbonyl (C=O) groups excluding carboxylic acids is 1. The van der Waals surface area contributed by atoms with Crippen LogP contribution in [0.5, 0.6) is 0 Å². The Bertz CT molecular complexity index is 709. The number of carbonyl (C=O) groups is 2. The van der Waals surface area contributed by atoms with Crippen LogP contribution in [0, 0.1) is 0 Å². The largest absolute Gasteiger partial charge is 0.481 e. The van der Waals surface area contributed by atoms with Crippen LogP contribution in [0.2, 0.25) is 5.02 Å². The maximum Gasteiger partial charge on any atom is 0.305 e. The molecule has 0 fully saturated rings. The molecule has 1 atom stereocenters. The number of carboxylic acid groups (broad SMARTS) is 1. The van der Waals surface area contributed by atoms with Gasteiger partial charge in [-0.25, -0.2) is 0 Å². The van der Waals surface area contributed by atoms with Crippen molar-refractivity contribution in [2.75, 3.05) is 0 Å². The summed E-state index contributed by atoms with van der Waals surface area (Å²) in [6, 6.07) is 7.70. The van der Waals surface area contributed by atoms with Crippen LogP contribution in [0.1, 0.15) is 28.4 Å². The number of carboxylic acids is 1. The van der Waals surface area contributed by atoms with E-state index >= 15 is 0 Å². The minimum atomic E-state index is -1.03. The zero-order valence-corrected chi connectivity index (χ0v) is 13.6. The predicted octanol–water partition coefficient (Wildman–Crippen LogP) is 3.44. The Morgan fingerprint density at radius 2 is 2.05 bits per heavy atom. The Labute approximate surface area is 140 Å². The van der Waals surface area contributed by atoms with Gasteiger partial charge in [-0.2, -0.15) is 0 Å². The van der Waals surface area contributed by atoms with E-state index in [1.165, 1.54) is 6.20 Å². The second-order valence-corrected chi connectivity index (χ2v) is 5.86. The van der Waals surface area contributed by atoms with Gasteiger partial charge < -0.3 is 10.4 Å². The number of aliphatic carboxylic acids is 1. The molecule has 114 valence electrons. The van der Waals surface area contributed by atoms with Crippen LogP contribution < -0.4 is 5.32 Å². The molecule has 1 aromatic carbocycles. The summed E-state index contributed by atoms with van der Waals surface area (Å²) in [5.41, 5.74) is 0.889. The zero-order valence-electron chi connectivity index (χ0n) is 11.3. The molecule has 22 heavy (non-hydrogen) atoms. The van der Waals surface area contributed by atoms with Crippen molar-refractivity contribution in [1.82, 2.24) is 10.3 Å². The predicted molar refractivity (Wildman–Crippen MR) is 85.8 cm³/mol. The number of nitrogens with one attached hydrogen (secondary N) is 1. The Morgan fingerprint density at radius 1 is 1.32 bits per heavy atom. The highest BCUT2D eigenvalue weighted by atomic mass is 79.9. The number of hydrogen-bond donors (Lipinski definition) is 2. The minimum absolute atomic E-state index is 0.267. The molecule has 0 saturated carbocycles. The van der Waals surface area contributed by atoms with Gasteiger partial charge in [-0.15, -0.1) is 0 Å². The van der Waals surface area contributed by atoms with E-state index in [1.807, 2.05) is 0 Å². The Hall–Kier alpha value is -1.92. The zero-order chi connectivity index (χ0) is 16.1. The van der Waals surface area contributed by atoms with Crippen molar-refractivity contribution in [3.05, 3.63) is 63.3 Å². The molecule has 0 spiro atoms. The number of pyridine rings is 1. The molecule has 0 aliphatic carbocycles. The second-order valence-electron chi connectivity index (χ2n) is 4.54. The van der Waals surface area contributed by atoms with Gasteiger partial charge in [0.25, 0.3) is 5.91 Å². The first-order valence-electron chi connectivity index (χ1n) is 6.35. The SMILES string of the molecule is O=C(O)C[C@H](NC(=O)c1cncc(Br)c1)c1ccccc1Cl. The van der Waals surface area contributed by atoms with E-state index in [2.05, 4.69) is 26.2 Å². The van der Waals surface area contributed by atoms with Crippen LogP contribution in [-0.2, 0) is 4.79 Å². The normalized spacial score (nSPS) is 11.7. The van der Waals surface area contributed by atoms with E-state index in [9.17, 15) is 9.59 Å². The summed E-state index contributed by atoms with van der Waals surface area (Å²) in [5, 5.41) is 12.1. The molecule has 2 N–H and O–H groups in total. The van der Waals surface area contributed by atoms with E-state index in [4.69, 9.17) is 16.7 Å². The topological polar surface area (TPSA) is 79.3 Å². The van der Waals surface area contributed by atoms with Gasteiger partial charge in [-0.1, -0.05) is 29.8 Å². The first-order chi connectivity index (χ1) is 10.5.